The Hall–Kier alpha value is -5.03. The molecule has 1 aliphatic rings. The molecule has 0 bridgehead atoms. The highest BCUT2D eigenvalue weighted by Crippen LogP contribution is 2.27. The van der Waals surface area contributed by atoms with E-state index in [0.717, 1.165) is 59.8 Å². The first-order valence-electron chi connectivity index (χ1n) is 13.3. The molecule has 3 heterocycles. The lowest BCUT2D eigenvalue weighted by Crippen LogP contribution is -2.23. The summed E-state index contributed by atoms with van der Waals surface area (Å²) < 4.78 is 0. The molecule has 0 unspecified atom stereocenters. The lowest BCUT2D eigenvalue weighted by Gasteiger charge is -2.19. The van der Waals surface area contributed by atoms with Crippen LogP contribution < -0.4 is 15.5 Å². The Kier molecular flexibility index (Phi) is 7.83. The lowest BCUT2D eigenvalue weighted by atomic mass is 10.0. The first-order chi connectivity index (χ1) is 19.4. The van der Waals surface area contributed by atoms with E-state index in [1.54, 1.807) is 24.4 Å². The molecule has 8 heteroatoms. The van der Waals surface area contributed by atoms with Gasteiger partial charge in [-0.3, -0.25) is 19.6 Å². The third-order valence-corrected chi connectivity index (χ3v) is 6.96. The van der Waals surface area contributed by atoms with Crippen LogP contribution in [-0.2, 0) is 6.54 Å². The van der Waals surface area contributed by atoms with Gasteiger partial charge in [0.2, 0.25) is 0 Å². The fourth-order valence-corrected chi connectivity index (χ4v) is 4.83. The van der Waals surface area contributed by atoms with Gasteiger partial charge in [-0.1, -0.05) is 18.2 Å². The molecule has 0 saturated carbocycles. The normalized spacial score (nSPS) is 12.6. The predicted octanol–water partition coefficient (Wildman–Crippen LogP) is 5.41. The van der Waals surface area contributed by atoms with Gasteiger partial charge in [0, 0.05) is 46.9 Å². The molecule has 2 N–H and O–H groups in total. The van der Waals surface area contributed by atoms with Crippen molar-refractivity contribution in [3.8, 4) is 17.2 Å². The van der Waals surface area contributed by atoms with Crippen LogP contribution in [0.25, 0.3) is 11.1 Å². The molecule has 1 fully saturated rings. The molecule has 4 aromatic rings. The van der Waals surface area contributed by atoms with Gasteiger partial charge >= 0.3 is 0 Å². The predicted molar refractivity (Wildman–Crippen MR) is 155 cm³/mol. The Bertz CT molecular complexity index is 1600. The van der Waals surface area contributed by atoms with Crippen molar-refractivity contribution < 1.29 is 9.59 Å². The van der Waals surface area contributed by atoms with E-state index < -0.39 is 0 Å². The number of nitrogens with one attached hydrogen (secondary N) is 2. The van der Waals surface area contributed by atoms with Gasteiger partial charge < -0.3 is 15.5 Å². The van der Waals surface area contributed by atoms with Crippen LogP contribution in [0.15, 0.2) is 72.9 Å². The second-order valence-electron chi connectivity index (χ2n) is 9.92. The zero-order valence-corrected chi connectivity index (χ0v) is 22.6. The monoisotopic (exact) mass is 530 g/mol. The minimum absolute atomic E-state index is 0.182. The van der Waals surface area contributed by atoms with Gasteiger partial charge in [-0.25, -0.2) is 0 Å². The summed E-state index contributed by atoms with van der Waals surface area (Å²) in [6, 6.07) is 22.3. The maximum Gasteiger partial charge on any atom is 0.255 e. The number of benzene rings is 2. The molecule has 0 aliphatic carbocycles. The number of rotatable bonds is 7. The third kappa shape index (κ3) is 6.16. The number of anilines is 2. The Labute approximate surface area is 233 Å². The average molecular weight is 531 g/mol. The molecule has 2 aromatic carbocycles. The number of nitrogens with zero attached hydrogens (tertiary/aromatic N) is 4. The molecule has 0 atom stereocenters. The van der Waals surface area contributed by atoms with Crippen LogP contribution in [0.2, 0.25) is 0 Å². The number of carbonyl (C=O) groups excluding carboxylic acids is 2. The molecule has 40 heavy (non-hydrogen) atoms. The highest BCUT2D eigenvalue weighted by Gasteiger charge is 2.17. The van der Waals surface area contributed by atoms with Crippen molar-refractivity contribution in [2.24, 2.45) is 0 Å². The van der Waals surface area contributed by atoms with Gasteiger partial charge in [-0.2, -0.15) is 5.26 Å². The standard InChI is InChI=1S/C32H30N6O2/c1-21-6-5-7-27(36-21)19-35-31(39)25-10-8-24(9-11-25)30-17-28(20-34-22(30)2)37-32(40)26-14-23(18-33)15-29(16-26)38-12-3-4-13-38/h5-11,14-17,20H,3-4,12-13,19H2,1-2H3,(H,35,39)(H,37,40). The smallest absolute Gasteiger partial charge is 0.255 e. The van der Waals surface area contributed by atoms with Crippen molar-refractivity contribution in [1.29, 1.82) is 5.26 Å². The van der Waals surface area contributed by atoms with Crippen molar-refractivity contribution in [2.45, 2.75) is 33.2 Å². The summed E-state index contributed by atoms with van der Waals surface area (Å²) in [5.41, 5.74) is 7.08. The second-order valence-corrected chi connectivity index (χ2v) is 9.92. The Morgan fingerprint density at radius 1 is 0.950 bits per heavy atom. The fraction of sp³-hybridized carbons (Fsp3) is 0.219. The number of hydrogen-bond donors (Lipinski definition) is 2. The number of amides is 2. The van der Waals surface area contributed by atoms with Crippen LogP contribution in [0.4, 0.5) is 11.4 Å². The van der Waals surface area contributed by atoms with Gasteiger partial charge in [-0.15, -0.1) is 0 Å². The molecule has 2 amide bonds. The van der Waals surface area contributed by atoms with Gasteiger partial charge in [0.15, 0.2) is 0 Å². The zero-order valence-electron chi connectivity index (χ0n) is 22.6. The number of aromatic nitrogens is 2. The number of nitriles is 1. The number of hydrogen-bond acceptors (Lipinski definition) is 6. The summed E-state index contributed by atoms with van der Waals surface area (Å²) in [6.07, 6.45) is 3.83. The van der Waals surface area contributed by atoms with E-state index in [1.807, 2.05) is 62.4 Å². The van der Waals surface area contributed by atoms with E-state index in [0.29, 0.717) is 28.9 Å². The van der Waals surface area contributed by atoms with Crippen LogP contribution in [0.1, 0.15) is 56.2 Å². The van der Waals surface area contributed by atoms with Crippen LogP contribution in [0.5, 0.6) is 0 Å². The molecular formula is C32H30N6O2. The summed E-state index contributed by atoms with van der Waals surface area (Å²) >= 11 is 0. The summed E-state index contributed by atoms with van der Waals surface area (Å²) in [6.45, 7) is 6.01. The molecule has 8 nitrogen and oxygen atoms in total. The molecular weight excluding hydrogens is 500 g/mol. The van der Waals surface area contributed by atoms with E-state index in [1.165, 1.54) is 0 Å². The minimum atomic E-state index is -0.302. The molecule has 5 rings (SSSR count). The molecule has 0 radical (unpaired) electrons. The van der Waals surface area contributed by atoms with Gasteiger partial charge in [0.1, 0.15) is 0 Å². The number of carbonyl (C=O) groups is 2. The maximum atomic E-state index is 13.2. The molecule has 0 spiro atoms. The Balaban J connectivity index is 1.29. The molecule has 1 saturated heterocycles. The maximum absolute atomic E-state index is 13.2. The van der Waals surface area contributed by atoms with Crippen LogP contribution >= 0.6 is 0 Å². The van der Waals surface area contributed by atoms with E-state index in [4.69, 9.17) is 0 Å². The highest BCUT2D eigenvalue weighted by molar-refractivity contribution is 6.05. The number of aryl methyl sites for hydroxylation is 2. The summed E-state index contributed by atoms with van der Waals surface area (Å²) in [5.74, 6) is -0.483. The SMILES string of the molecule is Cc1cccc(CNC(=O)c2ccc(-c3cc(NC(=O)c4cc(C#N)cc(N5CCCC5)c4)cnc3C)cc2)n1. The van der Waals surface area contributed by atoms with Crippen molar-refractivity contribution in [2.75, 3.05) is 23.3 Å². The fourth-order valence-electron chi connectivity index (χ4n) is 4.83. The van der Waals surface area contributed by atoms with E-state index in [-0.39, 0.29) is 11.8 Å². The van der Waals surface area contributed by atoms with E-state index >= 15 is 0 Å². The Morgan fingerprint density at radius 3 is 2.45 bits per heavy atom. The van der Waals surface area contributed by atoms with Gasteiger partial charge in [-0.05, 0) is 80.8 Å². The van der Waals surface area contributed by atoms with E-state index in [9.17, 15) is 14.9 Å². The quantitative estimate of drug-likeness (QED) is 0.330. The minimum Gasteiger partial charge on any atom is -0.371 e. The molecule has 1 aliphatic heterocycles. The summed E-state index contributed by atoms with van der Waals surface area (Å²) in [7, 11) is 0. The first kappa shape index (κ1) is 26.6. The van der Waals surface area contributed by atoms with Crippen LogP contribution in [0, 0.1) is 25.2 Å². The largest absolute Gasteiger partial charge is 0.371 e. The highest BCUT2D eigenvalue weighted by atomic mass is 16.2. The topological polar surface area (TPSA) is 111 Å². The van der Waals surface area contributed by atoms with Crippen LogP contribution in [0.3, 0.4) is 0 Å². The van der Waals surface area contributed by atoms with Crippen molar-refractivity contribution >= 4 is 23.2 Å². The van der Waals surface area contributed by atoms with Gasteiger partial charge in [0.25, 0.3) is 11.8 Å². The molecule has 200 valence electrons. The molecule has 2 aromatic heterocycles. The first-order valence-corrected chi connectivity index (χ1v) is 13.3. The van der Waals surface area contributed by atoms with Crippen molar-refractivity contribution in [3.05, 3.63) is 107 Å². The van der Waals surface area contributed by atoms with E-state index in [2.05, 4.69) is 31.6 Å². The Morgan fingerprint density at radius 2 is 1.73 bits per heavy atom. The summed E-state index contributed by atoms with van der Waals surface area (Å²) in [4.78, 5) is 36.9. The average Bonchev–Trinajstić information content (AvgIpc) is 3.52. The zero-order chi connectivity index (χ0) is 28.1. The number of pyridine rings is 2. The second kappa shape index (κ2) is 11.8. The van der Waals surface area contributed by atoms with Crippen molar-refractivity contribution in [1.82, 2.24) is 15.3 Å². The van der Waals surface area contributed by atoms with Gasteiger partial charge in [0.05, 0.1) is 35.8 Å². The third-order valence-electron chi connectivity index (χ3n) is 6.96. The lowest BCUT2D eigenvalue weighted by molar-refractivity contribution is 0.0949. The summed E-state index contributed by atoms with van der Waals surface area (Å²) in [5, 5.41) is 15.3. The van der Waals surface area contributed by atoms with Crippen molar-refractivity contribution in [3.63, 3.8) is 0 Å². The van der Waals surface area contributed by atoms with Crippen LogP contribution in [-0.4, -0.2) is 34.9 Å².